The van der Waals surface area contributed by atoms with Gasteiger partial charge in [-0.1, -0.05) is 0 Å². The zero-order valence-electron chi connectivity index (χ0n) is 8.35. The molecule has 0 aromatic heterocycles. The van der Waals surface area contributed by atoms with Crippen LogP contribution in [-0.4, -0.2) is 28.0 Å². The average Bonchev–Trinajstić information content (AvgIpc) is 1.98. The lowest BCUT2D eigenvalue weighted by molar-refractivity contribution is -0.140. The van der Waals surface area contributed by atoms with Crippen molar-refractivity contribution in [2.45, 2.75) is 32.5 Å². The molecule has 0 heterocycles. The van der Waals surface area contributed by atoms with Crippen LogP contribution in [0, 0.1) is 0 Å². The summed E-state index contributed by atoms with van der Waals surface area (Å²) in [5.41, 5.74) is 0. The Balaban J connectivity index is 3.37. The molecule has 3 nitrogen and oxygen atoms in total. The van der Waals surface area contributed by atoms with Gasteiger partial charge in [0.1, 0.15) is 0 Å². The zero-order chi connectivity index (χ0) is 9.61. The van der Waals surface area contributed by atoms with E-state index in [1.54, 1.807) is 7.11 Å². The van der Waals surface area contributed by atoms with E-state index < -0.39 is 8.32 Å². The molecule has 0 saturated carbocycles. The van der Waals surface area contributed by atoms with E-state index in [-0.39, 0.29) is 5.97 Å². The summed E-state index contributed by atoms with van der Waals surface area (Å²) in [6.45, 7) is 6.26. The molecule has 0 radical (unpaired) electrons. The van der Waals surface area contributed by atoms with E-state index in [2.05, 4.69) is 13.1 Å². The SMILES string of the molecule is CO[Si](C)(C)CCCOC(C)=O. The Morgan fingerprint density at radius 1 is 1.42 bits per heavy atom. The molecule has 0 aromatic carbocycles. The van der Waals surface area contributed by atoms with E-state index in [1.165, 1.54) is 6.92 Å². The Morgan fingerprint density at radius 3 is 2.42 bits per heavy atom. The van der Waals surface area contributed by atoms with E-state index in [0.717, 1.165) is 12.5 Å². The summed E-state index contributed by atoms with van der Waals surface area (Å²) in [5.74, 6) is -0.202. The van der Waals surface area contributed by atoms with Gasteiger partial charge in [-0.15, -0.1) is 0 Å². The number of esters is 1. The van der Waals surface area contributed by atoms with Gasteiger partial charge in [-0.25, -0.2) is 0 Å². The van der Waals surface area contributed by atoms with Crippen LogP contribution < -0.4 is 0 Å². The van der Waals surface area contributed by atoms with Crippen LogP contribution in [0.15, 0.2) is 0 Å². The van der Waals surface area contributed by atoms with E-state index in [4.69, 9.17) is 9.16 Å². The van der Waals surface area contributed by atoms with Crippen molar-refractivity contribution in [3.63, 3.8) is 0 Å². The Hall–Kier alpha value is -0.353. The molecule has 72 valence electrons. The fourth-order valence-corrected chi connectivity index (χ4v) is 2.02. The van der Waals surface area contributed by atoms with Gasteiger partial charge >= 0.3 is 5.97 Å². The highest BCUT2D eigenvalue weighted by Gasteiger charge is 2.19. The third-order valence-corrected chi connectivity index (χ3v) is 4.44. The molecule has 0 rings (SSSR count). The topological polar surface area (TPSA) is 35.5 Å². The number of hydrogen-bond donors (Lipinski definition) is 0. The minimum absolute atomic E-state index is 0.202. The lowest BCUT2D eigenvalue weighted by Gasteiger charge is -2.19. The van der Waals surface area contributed by atoms with E-state index in [9.17, 15) is 4.79 Å². The Bertz CT molecular complexity index is 145. The zero-order valence-corrected chi connectivity index (χ0v) is 9.35. The second-order valence-corrected chi connectivity index (χ2v) is 7.84. The van der Waals surface area contributed by atoms with Gasteiger partial charge in [0.2, 0.25) is 0 Å². The van der Waals surface area contributed by atoms with Crippen LogP contribution in [0.2, 0.25) is 19.1 Å². The Labute approximate surface area is 75.2 Å². The van der Waals surface area contributed by atoms with Crippen molar-refractivity contribution < 1.29 is 14.0 Å². The predicted octanol–water partition coefficient (Wildman–Crippen LogP) is 1.79. The molecule has 0 aliphatic rings. The molecule has 0 spiro atoms. The Kier molecular flexibility index (Phi) is 5.16. The summed E-state index contributed by atoms with van der Waals surface area (Å²) in [5, 5.41) is 0. The molecule has 0 aliphatic heterocycles. The fraction of sp³-hybridized carbons (Fsp3) is 0.875. The maximum absolute atomic E-state index is 10.4. The van der Waals surface area contributed by atoms with Gasteiger partial charge in [0, 0.05) is 14.0 Å². The number of hydrogen-bond acceptors (Lipinski definition) is 3. The second-order valence-electron chi connectivity index (χ2n) is 3.41. The van der Waals surface area contributed by atoms with Gasteiger partial charge in [-0.05, 0) is 25.6 Å². The smallest absolute Gasteiger partial charge is 0.302 e. The molecule has 0 unspecified atom stereocenters. The lowest BCUT2D eigenvalue weighted by Crippen LogP contribution is -2.28. The van der Waals surface area contributed by atoms with Crippen LogP contribution in [0.5, 0.6) is 0 Å². The van der Waals surface area contributed by atoms with Gasteiger partial charge in [0.05, 0.1) is 6.61 Å². The van der Waals surface area contributed by atoms with Gasteiger partial charge in [-0.3, -0.25) is 4.79 Å². The van der Waals surface area contributed by atoms with Gasteiger partial charge < -0.3 is 9.16 Å². The minimum atomic E-state index is -1.44. The highest BCUT2D eigenvalue weighted by molar-refractivity contribution is 6.71. The standard InChI is InChI=1S/C8H18O3Si/c1-8(9)11-6-5-7-12(3,4)10-2/h5-7H2,1-4H3. The van der Waals surface area contributed by atoms with Crippen LogP contribution in [-0.2, 0) is 14.0 Å². The molecular weight excluding hydrogens is 172 g/mol. The molecule has 0 amide bonds. The summed E-state index contributed by atoms with van der Waals surface area (Å²) >= 11 is 0. The molecule has 0 saturated heterocycles. The van der Waals surface area contributed by atoms with Crippen molar-refractivity contribution in [3.05, 3.63) is 0 Å². The van der Waals surface area contributed by atoms with Crippen molar-refractivity contribution in [1.82, 2.24) is 0 Å². The average molecular weight is 190 g/mol. The highest BCUT2D eigenvalue weighted by Crippen LogP contribution is 2.11. The van der Waals surface area contributed by atoms with E-state index in [0.29, 0.717) is 6.61 Å². The maximum Gasteiger partial charge on any atom is 0.302 e. The number of carbonyl (C=O) groups is 1. The first-order valence-electron chi connectivity index (χ1n) is 4.16. The first kappa shape index (κ1) is 11.6. The van der Waals surface area contributed by atoms with Crippen molar-refractivity contribution in [2.75, 3.05) is 13.7 Å². The van der Waals surface area contributed by atoms with Crippen LogP contribution in [0.4, 0.5) is 0 Å². The largest absolute Gasteiger partial charge is 0.466 e. The third-order valence-electron chi connectivity index (χ3n) is 1.78. The molecular formula is C8H18O3Si. The Morgan fingerprint density at radius 2 is 2.00 bits per heavy atom. The third kappa shape index (κ3) is 6.36. The van der Waals surface area contributed by atoms with Crippen LogP contribution in [0.1, 0.15) is 13.3 Å². The highest BCUT2D eigenvalue weighted by atomic mass is 28.4. The summed E-state index contributed by atoms with van der Waals surface area (Å²) in [6, 6.07) is 1.04. The first-order chi connectivity index (χ1) is 5.48. The number of rotatable bonds is 5. The second kappa shape index (κ2) is 5.32. The van der Waals surface area contributed by atoms with Crippen molar-refractivity contribution >= 4 is 14.3 Å². The van der Waals surface area contributed by atoms with Crippen LogP contribution >= 0.6 is 0 Å². The van der Waals surface area contributed by atoms with E-state index >= 15 is 0 Å². The summed E-state index contributed by atoms with van der Waals surface area (Å²) < 4.78 is 10.2. The lowest BCUT2D eigenvalue weighted by atomic mass is 10.5. The van der Waals surface area contributed by atoms with Crippen molar-refractivity contribution in [3.8, 4) is 0 Å². The quantitative estimate of drug-likeness (QED) is 0.377. The van der Waals surface area contributed by atoms with Crippen LogP contribution in [0.3, 0.4) is 0 Å². The normalized spacial score (nSPS) is 11.3. The van der Waals surface area contributed by atoms with E-state index in [1.807, 2.05) is 0 Å². The molecule has 0 N–H and O–H groups in total. The summed E-state index contributed by atoms with van der Waals surface area (Å²) in [6.07, 6.45) is 0.909. The van der Waals surface area contributed by atoms with Crippen LogP contribution in [0.25, 0.3) is 0 Å². The predicted molar refractivity (Wildman–Crippen MR) is 50.5 cm³/mol. The number of ether oxygens (including phenoxy) is 1. The molecule has 12 heavy (non-hydrogen) atoms. The van der Waals surface area contributed by atoms with Gasteiger partial charge in [0.25, 0.3) is 0 Å². The molecule has 4 heteroatoms. The molecule has 0 aliphatic carbocycles. The number of carbonyl (C=O) groups excluding carboxylic acids is 1. The van der Waals surface area contributed by atoms with Gasteiger partial charge in [0.15, 0.2) is 8.32 Å². The molecule has 0 fully saturated rings. The van der Waals surface area contributed by atoms with Crippen molar-refractivity contribution in [2.24, 2.45) is 0 Å². The monoisotopic (exact) mass is 190 g/mol. The van der Waals surface area contributed by atoms with Gasteiger partial charge in [-0.2, -0.15) is 0 Å². The van der Waals surface area contributed by atoms with Crippen molar-refractivity contribution in [1.29, 1.82) is 0 Å². The molecule has 0 atom stereocenters. The fourth-order valence-electron chi connectivity index (χ4n) is 0.816. The minimum Gasteiger partial charge on any atom is -0.466 e. The maximum atomic E-state index is 10.4. The molecule has 0 bridgehead atoms. The molecule has 0 aromatic rings. The summed E-state index contributed by atoms with van der Waals surface area (Å²) in [4.78, 5) is 10.4. The summed E-state index contributed by atoms with van der Waals surface area (Å²) in [7, 11) is 0.307. The first-order valence-corrected chi connectivity index (χ1v) is 7.28.